The normalized spacial score (nSPS) is 10.1. The van der Waals surface area contributed by atoms with Crippen molar-refractivity contribution in [1.82, 2.24) is 15.1 Å². The van der Waals surface area contributed by atoms with Crippen LogP contribution in [0.25, 0.3) is 0 Å². The lowest BCUT2D eigenvalue weighted by Crippen LogP contribution is -2.35. The molecule has 0 radical (unpaired) electrons. The molecule has 7 heteroatoms. The average Bonchev–Trinajstić information content (AvgIpc) is 2.72. The topological polar surface area (TPSA) is 93.2 Å². The van der Waals surface area contributed by atoms with Crippen LogP contribution in [0.1, 0.15) is 37.2 Å². The molecule has 100 valence electrons. The van der Waals surface area contributed by atoms with Gasteiger partial charge in [-0.05, 0) is 13.3 Å². The Morgan fingerprint density at radius 3 is 2.78 bits per heavy atom. The monoisotopic (exact) mass is 255 g/mol. The summed E-state index contributed by atoms with van der Waals surface area (Å²) in [7, 11) is 0. The number of aromatic nitrogens is 2. The third-order valence-electron chi connectivity index (χ3n) is 2.23. The van der Waals surface area contributed by atoms with Crippen LogP contribution in [-0.4, -0.2) is 34.9 Å². The lowest BCUT2D eigenvalue weighted by molar-refractivity contribution is 0.0519. The molecule has 1 heterocycles. The first-order chi connectivity index (χ1) is 8.60. The lowest BCUT2D eigenvalue weighted by atomic mass is 10.3. The Bertz CT molecular complexity index is 475. The summed E-state index contributed by atoms with van der Waals surface area (Å²) in [6.07, 6.45) is 1.76. The first-order valence-electron chi connectivity index (χ1n) is 5.87. The fourth-order valence-electron chi connectivity index (χ4n) is 1.31. The first kappa shape index (κ1) is 14.0. The van der Waals surface area contributed by atoms with E-state index >= 15 is 0 Å². The van der Waals surface area contributed by atoms with Gasteiger partial charge in [-0.2, -0.15) is 4.68 Å². The van der Waals surface area contributed by atoms with Crippen LogP contribution in [-0.2, 0) is 4.74 Å². The van der Waals surface area contributed by atoms with E-state index in [9.17, 15) is 14.4 Å². The fraction of sp³-hybridized carbons (Fsp3) is 0.545. The quantitative estimate of drug-likeness (QED) is 0.598. The van der Waals surface area contributed by atoms with Crippen LogP contribution in [0, 0.1) is 0 Å². The van der Waals surface area contributed by atoms with E-state index in [-0.39, 0.29) is 12.3 Å². The van der Waals surface area contributed by atoms with Crippen molar-refractivity contribution in [3.05, 3.63) is 22.1 Å². The molecule has 0 unspecified atom stereocenters. The number of carbonyl (C=O) groups is 2. The molecule has 0 aliphatic heterocycles. The molecule has 0 saturated carbocycles. The summed E-state index contributed by atoms with van der Waals surface area (Å²) in [5.74, 6) is -0.658. The molecule has 0 aliphatic carbocycles. The predicted octanol–water partition coefficient (Wildman–Crippen LogP) is 0.711. The van der Waals surface area contributed by atoms with Gasteiger partial charge in [0.25, 0.3) is 5.56 Å². The molecule has 0 spiro atoms. The standard InChI is InChI=1S/C11H17N3O4/c1-3-5-6-12-11(17)14-9(15)7-8(13-14)10(16)18-4-2/h7,13H,3-6H2,1-2H3,(H,12,17). The van der Waals surface area contributed by atoms with Gasteiger partial charge in [0, 0.05) is 12.6 Å². The molecule has 0 aliphatic rings. The van der Waals surface area contributed by atoms with Crippen LogP contribution in [0.3, 0.4) is 0 Å². The highest BCUT2D eigenvalue weighted by molar-refractivity contribution is 5.88. The van der Waals surface area contributed by atoms with Gasteiger partial charge in [-0.15, -0.1) is 0 Å². The molecule has 0 bridgehead atoms. The van der Waals surface area contributed by atoms with Crippen molar-refractivity contribution in [2.75, 3.05) is 13.2 Å². The Morgan fingerprint density at radius 1 is 1.44 bits per heavy atom. The Labute approximate surface area is 104 Å². The zero-order valence-corrected chi connectivity index (χ0v) is 10.5. The van der Waals surface area contributed by atoms with E-state index in [1.807, 2.05) is 6.92 Å². The van der Waals surface area contributed by atoms with E-state index in [4.69, 9.17) is 4.74 Å². The van der Waals surface area contributed by atoms with Gasteiger partial charge >= 0.3 is 12.0 Å². The summed E-state index contributed by atoms with van der Waals surface area (Å²) in [6.45, 7) is 4.33. The molecule has 1 amide bonds. The molecule has 1 aromatic rings. The second-order valence-electron chi connectivity index (χ2n) is 3.65. The van der Waals surface area contributed by atoms with Gasteiger partial charge in [-0.3, -0.25) is 9.89 Å². The van der Waals surface area contributed by atoms with Gasteiger partial charge < -0.3 is 10.1 Å². The molecule has 1 rings (SSSR count). The maximum Gasteiger partial charge on any atom is 0.356 e. The van der Waals surface area contributed by atoms with Crippen molar-refractivity contribution in [3.8, 4) is 0 Å². The van der Waals surface area contributed by atoms with Gasteiger partial charge in [0.05, 0.1) is 6.61 Å². The second-order valence-corrected chi connectivity index (χ2v) is 3.65. The zero-order valence-electron chi connectivity index (χ0n) is 10.5. The number of amides is 1. The third kappa shape index (κ3) is 3.47. The molecule has 7 nitrogen and oxygen atoms in total. The van der Waals surface area contributed by atoms with Crippen LogP contribution in [0.2, 0.25) is 0 Å². The summed E-state index contributed by atoms with van der Waals surface area (Å²) in [6, 6.07) is 0.459. The number of esters is 1. The summed E-state index contributed by atoms with van der Waals surface area (Å²) < 4.78 is 5.47. The summed E-state index contributed by atoms with van der Waals surface area (Å²) in [5, 5.41) is 4.98. The number of ether oxygens (including phenoxy) is 1. The maximum atomic E-state index is 11.6. The summed E-state index contributed by atoms with van der Waals surface area (Å²) in [4.78, 5) is 34.4. The second kappa shape index (κ2) is 6.63. The van der Waals surface area contributed by atoms with Crippen molar-refractivity contribution in [2.24, 2.45) is 0 Å². The van der Waals surface area contributed by atoms with Gasteiger partial charge in [-0.1, -0.05) is 13.3 Å². The minimum atomic E-state index is -0.658. The smallest absolute Gasteiger partial charge is 0.356 e. The Balaban J connectivity index is 2.75. The predicted molar refractivity (Wildman–Crippen MR) is 64.7 cm³/mol. The van der Waals surface area contributed by atoms with Gasteiger partial charge in [0.2, 0.25) is 0 Å². The van der Waals surface area contributed by atoms with Crippen LogP contribution in [0.15, 0.2) is 10.9 Å². The number of H-pyrrole nitrogens is 1. The number of carbonyl (C=O) groups excluding carboxylic acids is 2. The molecule has 0 aromatic carbocycles. The van der Waals surface area contributed by atoms with Crippen molar-refractivity contribution < 1.29 is 14.3 Å². The number of hydrogen-bond acceptors (Lipinski definition) is 4. The summed E-state index contributed by atoms with van der Waals surface area (Å²) in [5.41, 5.74) is -0.625. The maximum absolute atomic E-state index is 11.6. The molecule has 0 saturated heterocycles. The van der Waals surface area contributed by atoms with E-state index in [1.165, 1.54) is 0 Å². The minimum absolute atomic E-state index is 0.0347. The molecular weight excluding hydrogens is 238 g/mol. The van der Waals surface area contributed by atoms with Crippen LogP contribution in [0.5, 0.6) is 0 Å². The van der Waals surface area contributed by atoms with Gasteiger partial charge in [0.15, 0.2) is 0 Å². The highest BCUT2D eigenvalue weighted by Gasteiger charge is 2.15. The third-order valence-corrected chi connectivity index (χ3v) is 2.23. The number of rotatable bonds is 5. The number of unbranched alkanes of at least 4 members (excludes halogenated alkanes) is 1. The lowest BCUT2D eigenvalue weighted by Gasteiger charge is -2.03. The minimum Gasteiger partial charge on any atom is -0.461 e. The number of nitrogens with one attached hydrogen (secondary N) is 2. The molecule has 2 N–H and O–H groups in total. The van der Waals surface area contributed by atoms with E-state index in [0.717, 1.165) is 23.6 Å². The van der Waals surface area contributed by atoms with E-state index in [1.54, 1.807) is 6.92 Å². The highest BCUT2D eigenvalue weighted by Crippen LogP contribution is 1.94. The van der Waals surface area contributed by atoms with Crippen molar-refractivity contribution in [1.29, 1.82) is 0 Å². The van der Waals surface area contributed by atoms with Crippen molar-refractivity contribution >= 4 is 12.0 Å². The highest BCUT2D eigenvalue weighted by atomic mass is 16.5. The SMILES string of the molecule is CCCCNC(=O)n1[nH]c(C(=O)OCC)cc1=O. The van der Waals surface area contributed by atoms with Crippen LogP contribution >= 0.6 is 0 Å². The molecule has 0 fully saturated rings. The molecular formula is C11H17N3O4. The number of hydrogen-bond donors (Lipinski definition) is 2. The summed E-state index contributed by atoms with van der Waals surface area (Å²) >= 11 is 0. The molecule has 0 atom stereocenters. The van der Waals surface area contributed by atoms with Crippen LogP contribution < -0.4 is 10.9 Å². The fourth-order valence-corrected chi connectivity index (χ4v) is 1.31. The van der Waals surface area contributed by atoms with E-state index < -0.39 is 17.6 Å². The van der Waals surface area contributed by atoms with Gasteiger partial charge in [0.1, 0.15) is 5.69 Å². The zero-order chi connectivity index (χ0) is 13.5. The largest absolute Gasteiger partial charge is 0.461 e. The van der Waals surface area contributed by atoms with Gasteiger partial charge in [-0.25, -0.2) is 9.59 Å². The molecule has 18 heavy (non-hydrogen) atoms. The van der Waals surface area contributed by atoms with E-state index in [0.29, 0.717) is 6.54 Å². The van der Waals surface area contributed by atoms with Crippen LogP contribution in [0.4, 0.5) is 4.79 Å². The Hall–Kier alpha value is -2.05. The molecule has 1 aromatic heterocycles. The Kier molecular flexibility index (Phi) is 5.16. The van der Waals surface area contributed by atoms with Crippen molar-refractivity contribution in [2.45, 2.75) is 26.7 Å². The average molecular weight is 255 g/mol. The van der Waals surface area contributed by atoms with Crippen molar-refractivity contribution in [3.63, 3.8) is 0 Å². The number of nitrogens with zero attached hydrogens (tertiary/aromatic N) is 1. The Morgan fingerprint density at radius 2 is 2.17 bits per heavy atom. The number of aromatic amines is 1. The van der Waals surface area contributed by atoms with E-state index in [2.05, 4.69) is 10.4 Å². The first-order valence-corrected chi connectivity index (χ1v) is 5.87.